The molecule has 14 heavy (non-hydrogen) atoms. The van der Waals surface area contributed by atoms with Crippen LogP contribution in [0.4, 0.5) is 8.78 Å². The lowest BCUT2D eigenvalue weighted by Gasteiger charge is -2.02. The number of nitriles is 1. The molecule has 0 unspecified atom stereocenters. The smallest absolute Gasteiger partial charge is 0.190 e. The average molecular weight is 193 g/mol. The Morgan fingerprint density at radius 1 is 1.29 bits per heavy atom. The summed E-state index contributed by atoms with van der Waals surface area (Å²) in [5.74, 6) is 2.19. The summed E-state index contributed by atoms with van der Waals surface area (Å²) in [6.45, 7) is 0. The van der Waals surface area contributed by atoms with Crippen molar-refractivity contribution in [2.24, 2.45) is 0 Å². The molecule has 0 saturated carbocycles. The predicted octanol–water partition coefficient (Wildman–Crippen LogP) is 1.85. The highest BCUT2D eigenvalue weighted by Gasteiger charge is 2.10. The molecule has 0 saturated heterocycles. The number of hydrogen-bond donors (Lipinski definition) is 0. The molecule has 0 aliphatic heterocycles. The van der Waals surface area contributed by atoms with Crippen molar-refractivity contribution < 1.29 is 13.5 Å². The summed E-state index contributed by atoms with van der Waals surface area (Å²) >= 11 is 0. The molecule has 0 N–H and O–H groups in total. The molecule has 0 fully saturated rings. The summed E-state index contributed by atoms with van der Waals surface area (Å²) < 4.78 is 30.5. The van der Waals surface area contributed by atoms with E-state index in [2.05, 4.69) is 10.7 Å². The highest BCUT2D eigenvalue weighted by Crippen LogP contribution is 2.22. The van der Waals surface area contributed by atoms with Gasteiger partial charge in [-0.15, -0.1) is 0 Å². The van der Waals surface area contributed by atoms with Crippen LogP contribution in [0.2, 0.25) is 0 Å². The van der Waals surface area contributed by atoms with Gasteiger partial charge < -0.3 is 4.74 Å². The molecule has 1 rings (SSSR count). The van der Waals surface area contributed by atoms with Crippen molar-refractivity contribution in [3.63, 3.8) is 0 Å². The average Bonchev–Trinajstić information content (AvgIpc) is 2.14. The lowest BCUT2D eigenvalue weighted by Crippen LogP contribution is -1.93. The number of methoxy groups -OCH3 is 1. The van der Waals surface area contributed by atoms with E-state index in [1.165, 1.54) is 7.11 Å². The van der Waals surface area contributed by atoms with Crippen LogP contribution in [0, 0.1) is 34.8 Å². The van der Waals surface area contributed by atoms with Gasteiger partial charge >= 0.3 is 0 Å². The number of rotatable bonds is 1. The van der Waals surface area contributed by atoms with Crippen molar-refractivity contribution in [2.45, 2.75) is 0 Å². The molecule has 2 nitrogen and oxygen atoms in total. The van der Waals surface area contributed by atoms with E-state index in [-0.39, 0.29) is 5.56 Å². The summed E-state index contributed by atoms with van der Waals surface area (Å²) in [4.78, 5) is 0. The predicted molar refractivity (Wildman–Crippen MR) is 45.4 cm³/mol. The first-order chi connectivity index (χ1) is 6.69. The maximum absolute atomic E-state index is 13.0. The van der Waals surface area contributed by atoms with Gasteiger partial charge in [-0.25, -0.2) is 8.78 Å². The standard InChI is InChI=1S/C10H5F2NO/c1-14-10-8(11)5-7(3-2-4-13)6-9(10)12/h5-6H,1H3. The summed E-state index contributed by atoms with van der Waals surface area (Å²) in [6, 6.07) is 3.56. The van der Waals surface area contributed by atoms with E-state index in [1.807, 2.05) is 5.92 Å². The number of nitrogens with zero attached hydrogens (tertiary/aromatic N) is 1. The van der Waals surface area contributed by atoms with Crippen LogP contribution in [0.25, 0.3) is 0 Å². The van der Waals surface area contributed by atoms with E-state index >= 15 is 0 Å². The van der Waals surface area contributed by atoms with Crippen LogP contribution in [0.3, 0.4) is 0 Å². The first kappa shape index (κ1) is 10.0. The Bertz CT molecular complexity index is 428. The Morgan fingerprint density at radius 3 is 2.29 bits per heavy atom. The minimum atomic E-state index is -0.838. The fraction of sp³-hybridized carbons (Fsp3) is 0.100. The number of halogens is 2. The van der Waals surface area contributed by atoms with Crippen LogP contribution in [-0.2, 0) is 0 Å². The molecule has 0 heterocycles. The van der Waals surface area contributed by atoms with Gasteiger partial charge in [-0.05, 0) is 12.1 Å². The fourth-order valence-electron chi connectivity index (χ4n) is 0.927. The zero-order valence-corrected chi connectivity index (χ0v) is 7.27. The summed E-state index contributed by atoms with van der Waals surface area (Å²) in [5.41, 5.74) is 0.0994. The van der Waals surface area contributed by atoms with Gasteiger partial charge in [0, 0.05) is 11.5 Å². The third-order valence-corrected chi connectivity index (χ3v) is 1.47. The van der Waals surface area contributed by atoms with Crippen molar-refractivity contribution in [1.29, 1.82) is 5.26 Å². The second-order valence-corrected chi connectivity index (χ2v) is 2.33. The van der Waals surface area contributed by atoms with E-state index in [0.29, 0.717) is 0 Å². The molecule has 0 atom stereocenters. The molecule has 0 amide bonds. The lowest BCUT2D eigenvalue weighted by molar-refractivity contribution is 0.359. The molecule has 0 bridgehead atoms. The Hall–Kier alpha value is -2.07. The zero-order chi connectivity index (χ0) is 10.6. The minimum absolute atomic E-state index is 0.0994. The molecular formula is C10H5F2NO. The maximum atomic E-state index is 13.0. The SMILES string of the molecule is COc1c(F)cc(C#CC#N)cc1F. The van der Waals surface area contributed by atoms with Crippen LogP contribution < -0.4 is 4.74 Å². The number of hydrogen-bond acceptors (Lipinski definition) is 2. The number of ether oxygens (including phenoxy) is 1. The van der Waals surface area contributed by atoms with E-state index in [9.17, 15) is 8.78 Å². The topological polar surface area (TPSA) is 33.0 Å². The first-order valence-electron chi connectivity index (χ1n) is 3.62. The van der Waals surface area contributed by atoms with Crippen molar-refractivity contribution >= 4 is 0 Å². The highest BCUT2D eigenvalue weighted by atomic mass is 19.1. The molecule has 0 spiro atoms. The fourth-order valence-corrected chi connectivity index (χ4v) is 0.927. The van der Waals surface area contributed by atoms with Gasteiger partial charge in [-0.3, -0.25) is 0 Å². The molecule has 0 aromatic heterocycles. The molecule has 4 heteroatoms. The van der Waals surface area contributed by atoms with Gasteiger partial charge in [0.1, 0.15) is 0 Å². The number of benzene rings is 1. The van der Waals surface area contributed by atoms with Gasteiger partial charge in [0.05, 0.1) is 7.11 Å². The quantitative estimate of drug-likeness (QED) is 0.637. The van der Waals surface area contributed by atoms with Crippen LogP contribution in [0.1, 0.15) is 5.56 Å². The lowest BCUT2D eigenvalue weighted by atomic mass is 10.2. The van der Waals surface area contributed by atoms with Crippen LogP contribution in [0.5, 0.6) is 5.75 Å². The van der Waals surface area contributed by atoms with Crippen molar-refractivity contribution in [3.05, 3.63) is 29.3 Å². The molecule has 0 aliphatic carbocycles. The van der Waals surface area contributed by atoms with Gasteiger partial charge in [-0.1, -0.05) is 5.92 Å². The molecule has 70 valence electrons. The molecule has 0 radical (unpaired) electrons. The van der Waals surface area contributed by atoms with Crippen LogP contribution in [-0.4, -0.2) is 7.11 Å². The van der Waals surface area contributed by atoms with Gasteiger partial charge in [-0.2, -0.15) is 5.26 Å². The summed E-state index contributed by atoms with van der Waals surface area (Å²) in [7, 11) is 1.17. The normalized spacial score (nSPS) is 8.43. The van der Waals surface area contributed by atoms with Crippen LogP contribution >= 0.6 is 0 Å². The van der Waals surface area contributed by atoms with E-state index in [1.54, 1.807) is 6.07 Å². The van der Waals surface area contributed by atoms with Crippen molar-refractivity contribution in [2.75, 3.05) is 7.11 Å². The monoisotopic (exact) mass is 193 g/mol. The third kappa shape index (κ3) is 1.99. The highest BCUT2D eigenvalue weighted by molar-refractivity contribution is 5.42. The Kier molecular flexibility index (Phi) is 3.04. The van der Waals surface area contributed by atoms with Gasteiger partial charge in [0.2, 0.25) is 0 Å². The van der Waals surface area contributed by atoms with E-state index in [0.717, 1.165) is 12.1 Å². The largest absolute Gasteiger partial charge is 0.491 e. The molecule has 1 aromatic carbocycles. The Balaban J connectivity index is 3.22. The summed E-state index contributed by atoms with van der Waals surface area (Å²) in [5, 5.41) is 8.13. The maximum Gasteiger partial charge on any atom is 0.190 e. The van der Waals surface area contributed by atoms with E-state index in [4.69, 9.17) is 5.26 Å². The van der Waals surface area contributed by atoms with E-state index < -0.39 is 17.4 Å². The molecule has 1 aromatic rings. The second kappa shape index (κ2) is 4.25. The van der Waals surface area contributed by atoms with Gasteiger partial charge in [0.15, 0.2) is 23.5 Å². The molecular weight excluding hydrogens is 188 g/mol. The van der Waals surface area contributed by atoms with Crippen LogP contribution in [0.15, 0.2) is 12.1 Å². The van der Waals surface area contributed by atoms with Gasteiger partial charge in [0.25, 0.3) is 0 Å². The van der Waals surface area contributed by atoms with Crippen molar-refractivity contribution in [3.8, 4) is 23.7 Å². The first-order valence-corrected chi connectivity index (χ1v) is 3.62. The summed E-state index contributed by atoms with van der Waals surface area (Å²) in [6.07, 6.45) is 0. The molecule has 0 aliphatic rings. The zero-order valence-electron chi connectivity index (χ0n) is 7.27. The second-order valence-electron chi connectivity index (χ2n) is 2.33. The Morgan fingerprint density at radius 2 is 1.86 bits per heavy atom. The third-order valence-electron chi connectivity index (χ3n) is 1.47. The Labute approximate surface area is 79.7 Å². The minimum Gasteiger partial charge on any atom is -0.491 e. The van der Waals surface area contributed by atoms with Crippen molar-refractivity contribution in [1.82, 2.24) is 0 Å².